The Labute approximate surface area is 245 Å². The average Bonchev–Trinajstić information content (AvgIpc) is 3.27. The van der Waals surface area contributed by atoms with E-state index >= 15 is 0 Å². The van der Waals surface area contributed by atoms with Gasteiger partial charge in [-0.2, -0.15) is 0 Å². The number of methoxy groups -OCH3 is 1. The summed E-state index contributed by atoms with van der Waals surface area (Å²) in [6, 6.07) is -0.308. The van der Waals surface area contributed by atoms with Gasteiger partial charge in [-0.3, -0.25) is 9.69 Å². The van der Waals surface area contributed by atoms with E-state index in [1.54, 1.807) is 0 Å². The van der Waals surface area contributed by atoms with E-state index in [2.05, 4.69) is 66.0 Å². The Morgan fingerprint density at radius 1 is 1.12 bits per heavy atom. The maximum atomic E-state index is 12.4. The number of esters is 1. The minimum atomic E-state index is -0.440. The van der Waals surface area contributed by atoms with E-state index < -0.39 is 6.10 Å². The fourth-order valence-electron chi connectivity index (χ4n) is 11.6. The molecule has 0 spiro atoms. The van der Waals surface area contributed by atoms with Crippen LogP contribution in [-0.4, -0.2) is 48.3 Å². The molecule has 11 atom stereocenters. The van der Waals surface area contributed by atoms with Crippen molar-refractivity contribution >= 4 is 5.97 Å². The van der Waals surface area contributed by atoms with E-state index in [4.69, 9.17) is 4.74 Å². The minimum absolute atomic E-state index is 0.176. The number of likely N-dealkylation sites (tertiary alicyclic amines) is 1. The molecular weight excluding hydrogens is 494 g/mol. The molecule has 0 aromatic heterocycles. The Morgan fingerprint density at radius 3 is 2.52 bits per heavy atom. The number of carbonyl (C=O) groups is 1. The second-order valence-electron chi connectivity index (χ2n) is 16.2. The van der Waals surface area contributed by atoms with Crippen LogP contribution in [0.2, 0.25) is 0 Å². The Hall–Kier alpha value is -1.13. The number of aliphatic hydroxyl groups is 1. The first kappa shape index (κ1) is 30.3. The van der Waals surface area contributed by atoms with Crippen molar-refractivity contribution < 1.29 is 14.6 Å². The molecule has 5 aliphatic rings. The smallest absolute Gasteiger partial charge is 0.323 e. The molecule has 1 heterocycles. The van der Waals surface area contributed by atoms with Gasteiger partial charge in [0, 0.05) is 13.0 Å². The maximum absolute atomic E-state index is 12.4. The van der Waals surface area contributed by atoms with Crippen molar-refractivity contribution in [1.82, 2.24) is 4.90 Å². The number of ether oxygens (including phenoxy) is 1. The Kier molecular flexibility index (Phi) is 8.00. The summed E-state index contributed by atoms with van der Waals surface area (Å²) in [5.74, 6) is 3.27. The highest BCUT2D eigenvalue weighted by Crippen LogP contribution is 2.74. The quantitative estimate of drug-likeness (QED) is 0.269. The van der Waals surface area contributed by atoms with Crippen LogP contribution in [-0.2, 0) is 9.53 Å². The molecule has 4 aliphatic carbocycles. The number of allylic oxidation sites excluding steroid dienone is 3. The number of rotatable bonds is 6. The highest BCUT2D eigenvalue weighted by Gasteiger charge is 2.65. The van der Waals surface area contributed by atoms with Crippen molar-refractivity contribution in [2.24, 2.45) is 51.2 Å². The molecule has 1 N–H and O–H groups in total. The van der Waals surface area contributed by atoms with Crippen LogP contribution >= 0.6 is 0 Å². The summed E-state index contributed by atoms with van der Waals surface area (Å²) in [5, 5.41) is 10.3. The van der Waals surface area contributed by atoms with Crippen molar-refractivity contribution in [3.63, 3.8) is 0 Å². The molecule has 1 aliphatic heterocycles. The van der Waals surface area contributed by atoms with E-state index in [0.717, 1.165) is 37.1 Å². The molecule has 0 unspecified atom stereocenters. The molecular formula is C36H59NO3. The fourth-order valence-corrected chi connectivity index (χ4v) is 11.6. The van der Waals surface area contributed by atoms with E-state index in [-0.39, 0.29) is 28.3 Å². The zero-order valence-electron chi connectivity index (χ0n) is 27.0. The van der Waals surface area contributed by atoms with Crippen LogP contribution in [0.15, 0.2) is 23.8 Å². The van der Waals surface area contributed by atoms with Crippen molar-refractivity contribution in [3.05, 3.63) is 23.8 Å². The molecule has 40 heavy (non-hydrogen) atoms. The number of fused-ring (bicyclic) bond motifs is 5. The molecule has 226 valence electrons. The van der Waals surface area contributed by atoms with Crippen LogP contribution in [0.5, 0.6) is 0 Å². The summed E-state index contributed by atoms with van der Waals surface area (Å²) in [5.41, 5.74) is 4.38. The first-order chi connectivity index (χ1) is 18.7. The lowest BCUT2D eigenvalue weighted by atomic mass is 9.35. The normalized spacial score (nSPS) is 48.9. The van der Waals surface area contributed by atoms with Crippen molar-refractivity contribution in [2.75, 3.05) is 20.2 Å². The molecule has 0 aromatic rings. The van der Waals surface area contributed by atoms with Gasteiger partial charge in [-0.05, 0) is 123 Å². The van der Waals surface area contributed by atoms with Crippen LogP contribution in [0.4, 0.5) is 0 Å². The molecule has 4 heteroatoms. The zero-order valence-corrected chi connectivity index (χ0v) is 27.0. The number of hydrogen-bond donors (Lipinski definition) is 1. The van der Waals surface area contributed by atoms with Crippen LogP contribution in [0.3, 0.4) is 0 Å². The number of hydrogen-bond acceptors (Lipinski definition) is 4. The summed E-state index contributed by atoms with van der Waals surface area (Å²) >= 11 is 0. The van der Waals surface area contributed by atoms with E-state index in [0.29, 0.717) is 30.2 Å². The van der Waals surface area contributed by atoms with Crippen molar-refractivity contribution in [1.29, 1.82) is 0 Å². The van der Waals surface area contributed by atoms with Gasteiger partial charge in [0.1, 0.15) is 6.04 Å². The summed E-state index contributed by atoms with van der Waals surface area (Å²) in [6.45, 7) is 23.8. The topological polar surface area (TPSA) is 49.8 Å². The Morgan fingerprint density at radius 2 is 1.85 bits per heavy atom. The minimum Gasteiger partial charge on any atom is -0.468 e. The third-order valence-corrected chi connectivity index (χ3v) is 14.3. The number of nitrogens with zero attached hydrogens (tertiary/aromatic N) is 1. The van der Waals surface area contributed by atoms with Crippen LogP contribution in [0.1, 0.15) is 113 Å². The maximum Gasteiger partial charge on any atom is 0.323 e. The van der Waals surface area contributed by atoms with Gasteiger partial charge in [-0.25, -0.2) is 0 Å². The number of aliphatic hydroxyl groups excluding tert-OH is 1. The largest absolute Gasteiger partial charge is 0.468 e. The lowest BCUT2D eigenvalue weighted by Crippen LogP contribution is -2.61. The molecule has 4 nitrogen and oxygen atoms in total. The first-order valence-corrected chi connectivity index (χ1v) is 16.6. The molecule has 0 amide bonds. The Balaban J connectivity index is 1.44. The van der Waals surface area contributed by atoms with Gasteiger partial charge >= 0.3 is 5.97 Å². The van der Waals surface area contributed by atoms with Gasteiger partial charge in [0.25, 0.3) is 0 Å². The van der Waals surface area contributed by atoms with Crippen molar-refractivity contribution in [3.8, 4) is 0 Å². The molecule has 3 saturated carbocycles. The lowest BCUT2D eigenvalue weighted by molar-refractivity contribution is -0.146. The average molecular weight is 554 g/mol. The predicted octanol–water partition coefficient (Wildman–Crippen LogP) is 7.81. The third kappa shape index (κ3) is 4.48. The molecule has 0 bridgehead atoms. The van der Waals surface area contributed by atoms with Gasteiger partial charge in [0.05, 0.1) is 13.2 Å². The highest BCUT2D eigenvalue weighted by molar-refractivity contribution is 5.76. The molecule has 0 aromatic carbocycles. The molecule has 4 fully saturated rings. The summed E-state index contributed by atoms with van der Waals surface area (Å²) in [7, 11) is 1.46. The van der Waals surface area contributed by atoms with Crippen LogP contribution in [0.25, 0.3) is 0 Å². The van der Waals surface area contributed by atoms with E-state index in [1.165, 1.54) is 57.6 Å². The molecule has 0 radical (unpaired) electrons. The van der Waals surface area contributed by atoms with E-state index in [1.807, 2.05) is 5.57 Å². The van der Waals surface area contributed by atoms with Gasteiger partial charge in [0.2, 0.25) is 0 Å². The molecule has 1 saturated heterocycles. The SMILES string of the molecule is C=C(C)[C@@H]1CC[C@]2(C)[C@H](CC=C3[C@@H]4[C@@H](C)[C@H](C)CC[C@]4(C)CC[C@]32C)[C@@]1(C)CCCN1C[C@H](O)C[C@H]1C(=O)OC. The summed E-state index contributed by atoms with van der Waals surface area (Å²) < 4.78 is 5.07. The Bertz CT molecular complexity index is 1040. The standard InChI is InChI=1S/C36H59NO3/c1-23(2)27-14-17-36(8)30(34(27,6)15-10-20-37-22-26(38)21-29(37)32(39)40-9)12-11-28-31-25(4)24(3)13-16-33(31,5)18-19-35(28,36)7/h11,24-27,29-31,38H,1,10,12-22H2,2-9H3/t24-,25+,26-,27+,29+,30-,31+,33-,34+,35-,36-/m1/s1. The summed E-state index contributed by atoms with van der Waals surface area (Å²) in [6.07, 6.45) is 14.2. The predicted molar refractivity (Wildman–Crippen MR) is 164 cm³/mol. The highest BCUT2D eigenvalue weighted by atomic mass is 16.5. The van der Waals surface area contributed by atoms with Crippen molar-refractivity contribution in [2.45, 2.75) is 125 Å². The van der Waals surface area contributed by atoms with Gasteiger partial charge in [-0.1, -0.05) is 65.3 Å². The first-order valence-electron chi connectivity index (χ1n) is 16.6. The second-order valence-corrected chi connectivity index (χ2v) is 16.2. The monoisotopic (exact) mass is 553 g/mol. The third-order valence-electron chi connectivity index (χ3n) is 14.3. The van der Waals surface area contributed by atoms with Gasteiger partial charge in [0.15, 0.2) is 0 Å². The lowest BCUT2D eigenvalue weighted by Gasteiger charge is -2.69. The zero-order chi connectivity index (χ0) is 29.3. The molecule has 5 rings (SSSR count). The van der Waals surface area contributed by atoms with E-state index in [9.17, 15) is 9.90 Å². The second kappa shape index (κ2) is 10.5. The van der Waals surface area contributed by atoms with Crippen LogP contribution < -0.4 is 0 Å². The summed E-state index contributed by atoms with van der Waals surface area (Å²) in [4.78, 5) is 14.6. The fraction of sp³-hybridized carbons (Fsp3) is 0.861. The number of carbonyl (C=O) groups excluding carboxylic acids is 1. The van der Waals surface area contributed by atoms with Gasteiger partial charge < -0.3 is 9.84 Å². The van der Waals surface area contributed by atoms with Gasteiger partial charge in [-0.15, -0.1) is 0 Å². The van der Waals surface area contributed by atoms with Crippen LogP contribution in [0, 0.1) is 51.2 Å². The number of β-amino-alcohol motifs (C(OH)–C–C–N with tert-alkyl or cyclic N) is 1.